The van der Waals surface area contributed by atoms with Crippen LogP contribution in [-0.4, -0.2) is 146 Å². The number of carbonyl (C=O) groups excluding carboxylic acids is 1. The normalized spacial score (nSPS) is 48.9. The number of aliphatic hydroxyl groups excluding tert-OH is 2. The van der Waals surface area contributed by atoms with E-state index in [-0.39, 0.29) is 37.3 Å². The molecular formula is C39H72N2O13. The predicted molar refractivity (Wildman–Crippen MR) is 200 cm³/mol. The van der Waals surface area contributed by atoms with Crippen LogP contribution in [0.1, 0.15) is 94.9 Å². The maximum Gasteiger partial charge on any atom is 0.311 e. The molecule has 1 unspecified atom stereocenters. The Balaban J connectivity index is 2.26. The largest absolute Gasteiger partial charge is 0.459 e. The SMILES string of the molecule is CC[C@H]1OC(=O)[C@H](C)[C@@H](O[C@@H]2C[C@@H](C)[C@H](O)[C@](C)(OC)O2)[C@H](C)[C@@H](O[C@@H]2O[C@H](C)C[C@H](N(C)C)[C@H]2OC)[C@@](C)(OC)C[C@@H](C)C(N=O)[C@H](C)[C@@H](O)[C@]1(C)O. The first kappa shape index (κ1) is 47.0. The van der Waals surface area contributed by atoms with Gasteiger partial charge >= 0.3 is 5.97 Å². The van der Waals surface area contributed by atoms with Crippen LogP contribution in [0.2, 0.25) is 0 Å². The second kappa shape index (κ2) is 18.9. The quantitative estimate of drug-likeness (QED) is 0.215. The summed E-state index contributed by atoms with van der Waals surface area (Å²) >= 11 is 0. The van der Waals surface area contributed by atoms with Crippen LogP contribution in [-0.2, 0) is 42.7 Å². The summed E-state index contributed by atoms with van der Waals surface area (Å²) in [6, 6.07) is -1.02. The number of hydrogen-bond donors (Lipinski definition) is 3. The number of aliphatic hydroxyl groups is 3. The van der Waals surface area contributed by atoms with Gasteiger partial charge in [0.1, 0.15) is 23.9 Å². The minimum atomic E-state index is -1.93. The van der Waals surface area contributed by atoms with Gasteiger partial charge < -0.3 is 58.1 Å². The number of methoxy groups -OCH3 is 3. The van der Waals surface area contributed by atoms with Crippen molar-refractivity contribution in [1.82, 2.24) is 4.90 Å². The van der Waals surface area contributed by atoms with Crippen LogP contribution >= 0.6 is 0 Å². The molecule has 0 spiro atoms. The number of cyclic esters (lactones) is 1. The highest BCUT2D eigenvalue weighted by atomic mass is 16.8. The Bertz CT molecular complexity index is 1210. The van der Waals surface area contributed by atoms with Gasteiger partial charge in [-0.15, -0.1) is 0 Å². The Labute approximate surface area is 322 Å². The summed E-state index contributed by atoms with van der Waals surface area (Å²) in [5.74, 6) is -5.32. The maximum absolute atomic E-state index is 14.3. The molecule has 3 aliphatic heterocycles. The van der Waals surface area contributed by atoms with Gasteiger partial charge in [-0.05, 0) is 79.8 Å². The van der Waals surface area contributed by atoms with Gasteiger partial charge in [-0.25, -0.2) is 0 Å². The van der Waals surface area contributed by atoms with E-state index in [9.17, 15) is 25.0 Å². The van der Waals surface area contributed by atoms with Crippen molar-refractivity contribution in [3.05, 3.63) is 4.91 Å². The molecule has 0 aromatic rings. The number of esters is 1. The van der Waals surface area contributed by atoms with Gasteiger partial charge in [0.15, 0.2) is 18.4 Å². The molecule has 3 rings (SSSR count). The van der Waals surface area contributed by atoms with Crippen molar-refractivity contribution in [2.24, 2.45) is 34.8 Å². The first-order valence-corrected chi connectivity index (χ1v) is 19.6. The van der Waals surface area contributed by atoms with Gasteiger partial charge in [0.05, 0.1) is 42.0 Å². The van der Waals surface area contributed by atoms with E-state index in [1.807, 2.05) is 48.7 Å². The lowest BCUT2D eigenvalue weighted by atomic mass is 9.72. The fraction of sp³-hybridized carbons (Fsp3) is 0.974. The van der Waals surface area contributed by atoms with E-state index in [0.717, 1.165) is 0 Å². The van der Waals surface area contributed by atoms with E-state index in [4.69, 9.17) is 37.9 Å². The number of ether oxygens (including phenoxy) is 8. The van der Waals surface area contributed by atoms with Crippen LogP contribution in [0.5, 0.6) is 0 Å². The lowest BCUT2D eigenvalue weighted by molar-refractivity contribution is -0.371. The predicted octanol–water partition coefficient (Wildman–Crippen LogP) is 3.86. The number of hydrogen-bond acceptors (Lipinski definition) is 15. The minimum Gasteiger partial charge on any atom is -0.459 e. The van der Waals surface area contributed by atoms with E-state index in [1.165, 1.54) is 14.0 Å². The Morgan fingerprint density at radius 1 is 0.889 bits per heavy atom. The van der Waals surface area contributed by atoms with Gasteiger partial charge in [-0.2, -0.15) is 4.91 Å². The zero-order valence-electron chi connectivity index (χ0n) is 35.4. The van der Waals surface area contributed by atoms with Crippen LogP contribution in [0.15, 0.2) is 5.18 Å². The zero-order chi connectivity index (χ0) is 41.1. The summed E-state index contributed by atoms with van der Waals surface area (Å²) in [4.78, 5) is 29.0. The summed E-state index contributed by atoms with van der Waals surface area (Å²) in [5, 5.41) is 37.8. The first-order chi connectivity index (χ1) is 25.1. The Hall–Kier alpha value is -1.37. The van der Waals surface area contributed by atoms with Gasteiger partial charge in [-0.1, -0.05) is 39.8 Å². The Morgan fingerprint density at radius 2 is 1.52 bits per heavy atom. The fourth-order valence-electron chi connectivity index (χ4n) is 9.19. The van der Waals surface area contributed by atoms with Crippen LogP contribution in [0, 0.1) is 34.5 Å². The first-order valence-electron chi connectivity index (χ1n) is 19.6. The molecule has 15 nitrogen and oxygen atoms in total. The molecule has 3 fully saturated rings. The van der Waals surface area contributed by atoms with Crippen molar-refractivity contribution in [3.63, 3.8) is 0 Å². The molecule has 3 saturated heterocycles. The van der Waals surface area contributed by atoms with Crippen molar-refractivity contribution < 1.29 is 58.0 Å². The molecule has 3 N–H and O–H groups in total. The average Bonchev–Trinajstić information content (AvgIpc) is 3.12. The van der Waals surface area contributed by atoms with Crippen LogP contribution in [0.25, 0.3) is 0 Å². The topological polar surface area (TPSA) is 184 Å². The highest BCUT2D eigenvalue weighted by Crippen LogP contribution is 2.43. The Kier molecular flexibility index (Phi) is 16.5. The molecule has 15 heteroatoms. The maximum atomic E-state index is 14.3. The minimum absolute atomic E-state index is 0.0498. The Morgan fingerprint density at radius 3 is 2.04 bits per heavy atom. The summed E-state index contributed by atoms with van der Waals surface area (Å²) in [5.41, 5.74) is -3.11. The van der Waals surface area contributed by atoms with Crippen molar-refractivity contribution >= 4 is 5.97 Å². The van der Waals surface area contributed by atoms with E-state index in [2.05, 4.69) is 10.1 Å². The molecule has 0 aromatic heterocycles. The van der Waals surface area contributed by atoms with Crippen LogP contribution in [0.4, 0.5) is 0 Å². The second-order valence-electron chi connectivity index (χ2n) is 17.2. The smallest absolute Gasteiger partial charge is 0.311 e. The molecule has 0 aliphatic carbocycles. The summed E-state index contributed by atoms with van der Waals surface area (Å²) in [7, 11) is 8.58. The summed E-state index contributed by atoms with van der Waals surface area (Å²) < 4.78 is 50.7. The van der Waals surface area contributed by atoms with Gasteiger partial charge in [0.2, 0.25) is 0 Å². The van der Waals surface area contributed by atoms with E-state index in [0.29, 0.717) is 6.42 Å². The molecule has 0 radical (unpaired) electrons. The third-order valence-corrected chi connectivity index (χ3v) is 12.8. The van der Waals surface area contributed by atoms with E-state index in [1.54, 1.807) is 41.9 Å². The monoisotopic (exact) mass is 777 g/mol. The zero-order valence-corrected chi connectivity index (χ0v) is 35.4. The molecule has 3 heterocycles. The third-order valence-electron chi connectivity index (χ3n) is 12.8. The number of nitrogens with zero attached hydrogens (tertiary/aromatic N) is 2. The van der Waals surface area contributed by atoms with Crippen molar-refractivity contribution in [1.29, 1.82) is 0 Å². The number of carbonyl (C=O) groups is 1. The van der Waals surface area contributed by atoms with Crippen LogP contribution in [0.3, 0.4) is 0 Å². The summed E-state index contributed by atoms with van der Waals surface area (Å²) in [6.45, 7) is 17.6. The average molecular weight is 777 g/mol. The van der Waals surface area contributed by atoms with Gasteiger partial charge in [0, 0.05) is 45.6 Å². The van der Waals surface area contributed by atoms with Gasteiger partial charge in [-0.3, -0.25) is 4.79 Å². The lowest BCUT2D eigenvalue weighted by Crippen LogP contribution is -2.61. The molecular weight excluding hydrogens is 704 g/mol. The number of nitroso groups, excluding NO2 is 1. The number of rotatable bonds is 10. The molecule has 0 saturated carbocycles. The second-order valence-corrected chi connectivity index (χ2v) is 17.2. The molecule has 0 amide bonds. The third kappa shape index (κ3) is 9.83. The van der Waals surface area contributed by atoms with E-state index >= 15 is 0 Å². The van der Waals surface area contributed by atoms with Crippen molar-refractivity contribution in [2.75, 3.05) is 35.4 Å². The highest BCUT2D eigenvalue weighted by molar-refractivity contribution is 5.73. The molecule has 0 bridgehead atoms. The molecule has 54 heavy (non-hydrogen) atoms. The van der Waals surface area contributed by atoms with Crippen molar-refractivity contribution in [2.45, 2.75) is 179 Å². The lowest BCUT2D eigenvalue weighted by Gasteiger charge is -2.50. The van der Waals surface area contributed by atoms with Crippen LogP contribution < -0.4 is 0 Å². The molecule has 3 aliphatic rings. The van der Waals surface area contributed by atoms with E-state index < -0.39 is 102 Å². The number of likely N-dealkylation sites (N-methyl/N-ethyl adjacent to an activating group) is 1. The highest BCUT2D eigenvalue weighted by Gasteiger charge is 2.54. The van der Waals surface area contributed by atoms with Gasteiger partial charge in [0.25, 0.3) is 0 Å². The molecule has 0 aromatic carbocycles. The standard InChI is InChI=1S/C39H72N2O13/c1-16-27-38(9,45)33(43)23(5)29(40-46)21(3)19-37(8,48-14)34(53-36-31(47-13)26(41(11)12)18-22(4)50-36)24(6)30(25(7)35(44)51-27)52-28-17-20(2)32(42)39(10,49-15)54-28/h20-34,36,42-43,45H,16-19H2,1-15H3/t20-,21-,22-,23+,24+,25-,26+,27-,28+,29?,30+,31-,32+,33-,34-,36+,37+,38-,39-/m1/s1. The molecule has 316 valence electrons. The summed E-state index contributed by atoms with van der Waals surface area (Å²) in [6.07, 6.45) is -6.50. The molecule has 19 atom stereocenters. The fourth-order valence-corrected chi connectivity index (χ4v) is 9.19. The van der Waals surface area contributed by atoms with Crippen molar-refractivity contribution in [3.8, 4) is 0 Å².